The number of rotatable bonds is 1. The molecule has 1 fully saturated rings. The molecule has 92 valence electrons. The molecule has 0 aliphatic carbocycles. The van der Waals surface area contributed by atoms with Crippen LogP contribution in [0.1, 0.15) is 28.8 Å². The van der Waals surface area contributed by atoms with Gasteiger partial charge in [0.1, 0.15) is 5.82 Å². The van der Waals surface area contributed by atoms with Gasteiger partial charge >= 0.3 is 0 Å². The Balaban J connectivity index is 2.22. The minimum absolute atomic E-state index is 0.187. The van der Waals surface area contributed by atoms with E-state index in [0.29, 0.717) is 23.5 Å². The number of piperidine rings is 1. The second-order valence-corrected chi connectivity index (χ2v) is 5.72. The zero-order valence-corrected chi connectivity index (χ0v) is 11.3. The zero-order chi connectivity index (χ0) is 12.4. The molecule has 1 unspecified atom stereocenters. The van der Waals surface area contributed by atoms with Gasteiger partial charge in [0.15, 0.2) is 0 Å². The summed E-state index contributed by atoms with van der Waals surface area (Å²) in [5, 5.41) is 0. The van der Waals surface area contributed by atoms with E-state index >= 15 is 0 Å². The molecule has 0 N–H and O–H groups in total. The fourth-order valence-electron chi connectivity index (χ4n) is 2.09. The first-order valence-electron chi connectivity index (χ1n) is 5.78. The Morgan fingerprint density at radius 3 is 3.00 bits per heavy atom. The van der Waals surface area contributed by atoms with Crippen molar-refractivity contribution in [2.45, 2.75) is 24.6 Å². The van der Waals surface area contributed by atoms with Crippen molar-refractivity contribution < 1.29 is 9.18 Å². The lowest BCUT2D eigenvalue weighted by molar-refractivity contribution is 0.0725. The summed E-state index contributed by atoms with van der Waals surface area (Å²) in [6.45, 7) is 3.05. The molecule has 1 heterocycles. The summed E-state index contributed by atoms with van der Waals surface area (Å²) in [5.41, 5.74) is 0.704. The molecule has 1 aliphatic rings. The van der Waals surface area contributed by atoms with Crippen LogP contribution in [0.2, 0.25) is 0 Å². The molecule has 1 amide bonds. The van der Waals surface area contributed by atoms with Crippen molar-refractivity contribution >= 4 is 21.8 Å². The molecule has 1 aliphatic heterocycles. The van der Waals surface area contributed by atoms with Gasteiger partial charge in [-0.25, -0.2) is 4.39 Å². The number of halogens is 2. The fraction of sp³-hybridized carbons (Fsp3) is 0.462. The van der Waals surface area contributed by atoms with Gasteiger partial charge in [0.2, 0.25) is 0 Å². The summed E-state index contributed by atoms with van der Waals surface area (Å²) < 4.78 is 13.8. The summed E-state index contributed by atoms with van der Waals surface area (Å²) in [4.78, 5) is 14.2. The van der Waals surface area contributed by atoms with Crippen LogP contribution in [0.4, 0.5) is 4.39 Å². The molecule has 1 atom stereocenters. The third-order valence-electron chi connectivity index (χ3n) is 3.07. The van der Waals surface area contributed by atoms with Crippen LogP contribution in [0, 0.1) is 12.7 Å². The fourth-order valence-corrected chi connectivity index (χ4v) is 2.77. The van der Waals surface area contributed by atoms with Crippen molar-refractivity contribution in [1.29, 1.82) is 0 Å². The van der Waals surface area contributed by atoms with E-state index in [9.17, 15) is 9.18 Å². The smallest absolute Gasteiger partial charge is 0.256 e. The summed E-state index contributed by atoms with van der Waals surface area (Å²) in [5.74, 6) is -0.593. The maximum atomic E-state index is 13.8. The minimum Gasteiger partial charge on any atom is -0.337 e. The van der Waals surface area contributed by atoms with Crippen LogP contribution >= 0.6 is 15.9 Å². The highest BCUT2D eigenvalue weighted by atomic mass is 79.9. The number of carbonyl (C=O) groups is 1. The van der Waals surface area contributed by atoms with E-state index in [2.05, 4.69) is 15.9 Å². The molecule has 0 radical (unpaired) electrons. The van der Waals surface area contributed by atoms with Crippen LogP contribution in [0.15, 0.2) is 18.2 Å². The number of nitrogens with zero attached hydrogens (tertiary/aromatic N) is 1. The van der Waals surface area contributed by atoms with Crippen molar-refractivity contribution in [3.05, 3.63) is 35.1 Å². The van der Waals surface area contributed by atoms with Gasteiger partial charge in [-0.15, -0.1) is 0 Å². The normalized spacial score (nSPS) is 20.4. The highest BCUT2D eigenvalue weighted by Crippen LogP contribution is 2.20. The monoisotopic (exact) mass is 299 g/mol. The summed E-state index contributed by atoms with van der Waals surface area (Å²) in [7, 11) is 0. The summed E-state index contributed by atoms with van der Waals surface area (Å²) in [6, 6.07) is 4.96. The largest absolute Gasteiger partial charge is 0.337 e. The number of aryl methyl sites for hydroxylation is 1. The Morgan fingerprint density at radius 1 is 1.53 bits per heavy atom. The van der Waals surface area contributed by atoms with Gasteiger partial charge < -0.3 is 4.90 Å². The molecule has 0 spiro atoms. The molecular formula is C13H15BrFNO. The predicted octanol–water partition coefficient (Wildman–Crippen LogP) is 3.13. The number of alkyl halides is 1. The van der Waals surface area contributed by atoms with Crippen LogP contribution < -0.4 is 0 Å². The van der Waals surface area contributed by atoms with Crippen molar-refractivity contribution in [1.82, 2.24) is 4.90 Å². The highest BCUT2D eigenvalue weighted by molar-refractivity contribution is 9.09. The second-order valence-electron chi connectivity index (χ2n) is 4.43. The molecule has 4 heteroatoms. The first-order valence-corrected chi connectivity index (χ1v) is 6.69. The molecule has 0 saturated carbocycles. The van der Waals surface area contributed by atoms with E-state index in [1.165, 1.54) is 0 Å². The predicted molar refractivity (Wildman–Crippen MR) is 69.0 cm³/mol. The summed E-state index contributed by atoms with van der Waals surface area (Å²) in [6.07, 6.45) is 2.04. The first-order chi connectivity index (χ1) is 8.09. The Kier molecular flexibility index (Phi) is 3.82. The van der Waals surface area contributed by atoms with Gasteiger partial charge in [0.05, 0.1) is 5.56 Å². The second kappa shape index (κ2) is 5.17. The van der Waals surface area contributed by atoms with E-state index in [0.717, 1.165) is 12.8 Å². The van der Waals surface area contributed by atoms with Crippen LogP contribution in [0.3, 0.4) is 0 Å². The maximum Gasteiger partial charge on any atom is 0.256 e. The lowest BCUT2D eigenvalue weighted by Gasteiger charge is -2.30. The molecule has 2 rings (SSSR count). The molecule has 1 aromatic rings. The number of likely N-dealkylation sites (tertiary alicyclic amines) is 1. The van der Waals surface area contributed by atoms with Crippen LogP contribution in [-0.2, 0) is 0 Å². The van der Waals surface area contributed by atoms with Crippen molar-refractivity contribution in [2.24, 2.45) is 0 Å². The van der Waals surface area contributed by atoms with Crippen molar-refractivity contribution in [3.8, 4) is 0 Å². The molecular weight excluding hydrogens is 285 g/mol. The number of hydrogen-bond donors (Lipinski definition) is 0. The molecule has 0 aromatic heterocycles. The quantitative estimate of drug-likeness (QED) is 0.730. The minimum atomic E-state index is -0.394. The molecule has 0 bridgehead atoms. The van der Waals surface area contributed by atoms with Gasteiger partial charge in [-0.1, -0.05) is 28.1 Å². The molecule has 1 aromatic carbocycles. The summed E-state index contributed by atoms with van der Waals surface area (Å²) >= 11 is 3.51. The maximum absolute atomic E-state index is 13.8. The highest BCUT2D eigenvalue weighted by Gasteiger charge is 2.24. The van der Waals surface area contributed by atoms with Crippen molar-refractivity contribution in [2.75, 3.05) is 13.1 Å². The Morgan fingerprint density at radius 2 is 2.29 bits per heavy atom. The Hall–Kier alpha value is -0.900. The van der Waals surface area contributed by atoms with E-state index in [1.807, 2.05) is 0 Å². The molecule has 1 saturated heterocycles. The van der Waals surface area contributed by atoms with Gasteiger partial charge in [-0.05, 0) is 31.4 Å². The number of amides is 1. The van der Waals surface area contributed by atoms with E-state index in [-0.39, 0.29) is 11.5 Å². The molecule has 2 nitrogen and oxygen atoms in total. The van der Waals surface area contributed by atoms with Crippen molar-refractivity contribution in [3.63, 3.8) is 0 Å². The van der Waals surface area contributed by atoms with Gasteiger partial charge in [-0.3, -0.25) is 4.79 Å². The zero-order valence-electron chi connectivity index (χ0n) is 9.75. The average Bonchev–Trinajstić information content (AvgIpc) is 2.32. The van der Waals surface area contributed by atoms with Gasteiger partial charge in [-0.2, -0.15) is 0 Å². The van der Waals surface area contributed by atoms with Crippen LogP contribution in [-0.4, -0.2) is 28.7 Å². The molecule has 17 heavy (non-hydrogen) atoms. The SMILES string of the molecule is Cc1cccc(C(=O)N2CCCC(Br)C2)c1F. The first kappa shape index (κ1) is 12.6. The van der Waals surface area contributed by atoms with E-state index in [4.69, 9.17) is 0 Å². The van der Waals surface area contributed by atoms with Gasteiger partial charge in [0.25, 0.3) is 5.91 Å². The average molecular weight is 300 g/mol. The number of carbonyl (C=O) groups excluding carboxylic acids is 1. The topological polar surface area (TPSA) is 20.3 Å². The lowest BCUT2D eigenvalue weighted by atomic mass is 10.1. The lowest BCUT2D eigenvalue weighted by Crippen LogP contribution is -2.40. The standard InChI is InChI=1S/C13H15BrFNO/c1-9-4-2-6-11(12(9)15)13(17)16-7-3-5-10(14)8-16/h2,4,6,10H,3,5,7-8H2,1H3. The van der Waals surface area contributed by atoms with Gasteiger partial charge in [0, 0.05) is 17.9 Å². The number of benzene rings is 1. The van der Waals surface area contributed by atoms with E-state index in [1.54, 1.807) is 30.0 Å². The van der Waals surface area contributed by atoms with Crippen LogP contribution in [0.5, 0.6) is 0 Å². The van der Waals surface area contributed by atoms with E-state index < -0.39 is 5.82 Å². The number of hydrogen-bond acceptors (Lipinski definition) is 1. The Labute approximate surface area is 109 Å². The van der Waals surface area contributed by atoms with Crippen LogP contribution in [0.25, 0.3) is 0 Å². The third kappa shape index (κ3) is 2.68. The Bertz CT molecular complexity index is 435. The third-order valence-corrected chi connectivity index (χ3v) is 3.82.